The molecule has 1 aliphatic heterocycles. The first kappa shape index (κ1) is 19.3. The molecule has 2 heterocycles. The van der Waals surface area contributed by atoms with Crippen LogP contribution in [0.15, 0.2) is 53.6 Å². The number of anilines is 1. The number of halogens is 1. The predicted octanol–water partition coefficient (Wildman–Crippen LogP) is 2.41. The van der Waals surface area contributed by atoms with E-state index in [9.17, 15) is 9.59 Å². The largest absolute Gasteiger partial charge is 0.497 e. The number of hydrogen-bond acceptors (Lipinski definition) is 5. The van der Waals surface area contributed by atoms with Gasteiger partial charge in [0.2, 0.25) is 5.91 Å². The molecule has 29 heavy (non-hydrogen) atoms. The van der Waals surface area contributed by atoms with E-state index in [0.29, 0.717) is 29.0 Å². The summed E-state index contributed by atoms with van der Waals surface area (Å²) in [5, 5.41) is 0.882. The van der Waals surface area contributed by atoms with E-state index in [2.05, 4.69) is 9.88 Å². The highest BCUT2D eigenvalue weighted by atomic mass is 35.5. The molecule has 1 amide bonds. The van der Waals surface area contributed by atoms with Gasteiger partial charge in [-0.15, -0.1) is 0 Å². The lowest BCUT2D eigenvalue weighted by atomic mass is 10.2. The third-order valence-electron chi connectivity index (χ3n) is 5.16. The second kappa shape index (κ2) is 8.13. The molecule has 0 aliphatic carbocycles. The van der Waals surface area contributed by atoms with Crippen molar-refractivity contribution < 1.29 is 9.53 Å². The van der Waals surface area contributed by atoms with E-state index in [1.165, 1.54) is 10.9 Å². The molecule has 0 spiro atoms. The fraction of sp³-hybridized carbons (Fsp3) is 0.286. The van der Waals surface area contributed by atoms with Gasteiger partial charge in [-0.2, -0.15) is 0 Å². The van der Waals surface area contributed by atoms with Crippen LogP contribution in [-0.2, 0) is 11.3 Å². The number of carbonyl (C=O) groups is 1. The van der Waals surface area contributed by atoms with Crippen LogP contribution in [0.4, 0.5) is 5.69 Å². The third kappa shape index (κ3) is 4.05. The number of rotatable bonds is 4. The molecular weight excluding hydrogens is 392 g/mol. The summed E-state index contributed by atoms with van der Waals surface area (Å²) in [6.45, 7) is 2.65. The van der Waals surface area contributed by atoms with Crippen molar-refractivity contribution in [3.05, 3.63) is 64.2 Å². The minimum atomic E-state index is -0.261. The highest BCUT2D eigenvalue weighted by molar-refractivity contribution is 6.31. The van der Waals surface area contributed by atoms with Crippen LogP contribution in [0.2, 0.25) is 5.02 Å². The standard InChI is InChI=1S/C21H21ClN4O3/c1-29-17-5-3-16(4-6-17)24-8-10-25(11-9-24)20(27)13-26-14-23-19-7-2-15(22)12-18(19)21(26)28/h2-7,12,14H,8-11,13H2,1H3. The van der Waals surface area contributed by atoms with Crippen molar-refractivity contribution in [2.45, 2.75) is 6.54 Å². The fourth-order valence-corrected chi connectivity index (χ4v) is 3.67. The zero-order chi connectivity index (χ0) is 20.4. The van der Waals surface area contributed by atoms with Gasteiger partial charge in [0.05, 0.1) is 24.3 Å². The smallest absolute Gasteiger partial charge is 0.261 e. The fourth-order valence-electron chi connectivity index (χ4n) is 3.50. The number of methoxy groups -OCH3 is 1. The van der Waals surface area contributed by atoms with Crippen LogP contribution in [0.25, 0.3) is 10.9 Å². The Morgan fingerprint density at radius 3 is 2.52 bits per heavy atom. The summed E-state index contributed by atoms with van der Waals surface area (Å²) in [7, 11) is 1.64. The number of amides is 1. The number of nitrogens with zero attached hydrogens (tertiary/aromatic N) is 4. The Hall–Kier alpha value is -3.06. The normalized spacial score (nSPS) is 14.3. The third-order valence-corrected chi connectivity index (χ3v) is 5.40. The van der Waals surface area contributed by atoms with Crippen LogP contribution in [0.1, 0.15) is 0 Å². The van der Waals surface area contributed by atoms with Gasteiger partial charge < -0.3 is 14.5 Å². The zero-order valence-electron chi connectivity index (χ0n) is 16.0. The zero-order valence-corrected chi connectivity index (χ0v) is 16.8. The van der Waals surface area contributed by atoms with Crippen molar-refractivity contribution in [3.63, 3.8) is 0 Å². The summed E-state index contributed by atoms with van der Waals surface area (Å²) in [6, 6.07) is 12.9. The first-order valence-electron chi connectivity index (χ1n) is 9.36. The average molecular weight is 413 g/mol. The Bertz CT molecular complexity index is 1090. The Morgan fingerprint density at radius 2 is 1.83 bits per heavy atom. The lowest BCUT2D eigenvalue weighted by molar-refractivity contribution is -0.132. The molecule has 8 heteroatoms. The molecule has 0 radical (unpaired) electrons. The molecule has 1 aliphatic rings. The van der Waals surface area contributed by atoms with Gasteiger partial charge in [-0.25, -0.2) is 4.98 Å². The van der Waals surface area contributed by atoms with Crippen LogP contribution in [0.5, 0.6) is 5.75 Å². The number of hydrogen-bond donors (Lipinski definition) is 0. The first-order valence-corrected chi connectivity index (χ1v) is 9.74. The molecule has 0 bridgehead atoms. The van der Waals surface area contributed by atoms with E-state index in [-0.39, 0.29) is 18.0 Å². The summed E-state index contributed by atoms with van der Waals surface area (Å²) in [5.74, 6) is 0.725. The summed E-state index contributed by atoms with van der Waals surface area (Å²) < 4.78 is 6.54. The van der Waals surface area contributed by atoms with E-state index in [4.69, 9.17) is 16.3 Å². The van der Waals surface area contributed by atoms with Crippen molar-refractivity contribution in [3.8, 4) is 5.75 Å². The number of carbonyl (C=O) groups excluding carboxylic acids is 1. The number of benzene rings is 2. The summed E-state index contributed by atoms with van der Waals surface area (Å²) in [4.78, 5) is 33.7. The SMILES string of the molecule is COc1ccc(N2CCN(C(=O)Cn3cnc4ccc(Cl)cc4c3=O)CC2)cc1. The van der Waals surface area contributed by atoms with Crippen molar-refractivity contribution in [1.82, 2.24) is 14.5 Å². The second-order valence-corrected chi connectivity index (χ2v) is 7.34. The molecule has 4 rings (SSSR count). The van der Waals surface area contributed by atoms with Gasteiger partial charge in [0, 0.05) is 36.9 Å². The molecule has 3 aromatic rings. The van der Waals surface area contributed by atoms with Gasteiger partial charge in [-0.05, 0) is 42.5 Å². The van der Waals surface area contributed by atoms with E-state index in [0.717, 1.165) is 24.5 Å². The van der Waals surface area contributed by atoms with Gasteiger partial charge in [-0.1, -0.05) is 11.6 Å². The van der Waals surface area contributed by atoms with Gasteiger partial charge >= 0.3 is 0 Å². The van der Waals surface area contributed by atoms with Crippen molar-refractivity contribution in [2.24, 2.45) is 0 Å². The van der Waals surface area contributed by atoms with E-state index in [1.54, 1.807) is 30.2 Å². The maximum atomic E-state index is 12.7. The lowest BCUT2D eigenvalue weighted by Gasteiger charge is -2.36. The molecule has 7 nitrogen and oxygen atoms in total. The first-order chi connectivity index (χ1) is 14.0. The average Bonchev–Trinajstić information content (AvgIpc) is 2.76. The monoisotopic (exact) mass is 412 g/mol. The Kier molecular flexibility index (Phi) is 5.40. The topological polar surface area (TPSA) is 67.7 Å². The number of piperazine rings is 1. The minimum absolute atomic E-state index is 0.0309. The van der Waals surface area contributed by atoms with Crippen LogP contribution < -0.4 is 15.2 Å². The van der Waals surface area contributed by atoms with Crippen molar-refractivity contribution in [1.29, 1.82) is 0 Å². The Balaban J connectivity index is 1.41. The Morgan fingerprint density at radius 1 is 1.10 bits per heavy atom. The molecule has 0 saturated carbocycles. The van der Waals surface area contributed by atoms with Crippen LogP contribution in [-0.4, -0.2) is 53.6 Å². The van der Waals surface area contributed by atoms with Crippen molar-refractivity contribution in [2.75, 3.05) is 38.2 Å². The molecule has 0 unspecified atom stereocenters. The van der Waals surface area contributed by atoms with Gasteiger partial charge in [0.25, 0.3) is 5.56 Å². The van der Waals surface area contributed by atoms with Crippen molar-refractivity contribution >= 4 is 34.1 Å². The van der Waals surface area contributed by atoms with Crippen LogP contribution in [0.3, 0.4) is 0 Å². The summed E-state index contributed by atoms with van der Waals surface area (Å²) in [6.07, 6.45) is 1.42. The summed E-state index contributed by atoms with van der Waals surface area (Å²) >= 11 is 5.99. The molecule has 1 aromatic heterocycles. The minimum Gasteiger partial charge on any atom is -0.497 e. The molecule has 0 N–H and O–H groups in total. The molecule has 1 saturated heterocycles. The Labute approximate surface area is 173 Å². The van der Waals surface area contributed by atoms with E-state index in [1.807, 2.05) is 24.3 Å². The summed E-state index contributed by atoms with van der Waals surface area (Å²) in [5.41, 5.74) is 1.41. The molecule has 0 atom stereocenters. The second-order valence-electron chi connectivity index (χ2n) is 6.90. The van der Waals surface area contributed by atoms with Crippen LogP contribution in [0, 0.1) is 0 Å². The predicted molar refractivity (Wildman–Crippen MR) is 113 cm³/mol. The number of aromatic nitrogens is 2. The quantitative estimate of drug-likeness (QED) is 0.658. The number of ether oxygens (including phenoxy) is 1. The maximum absolute atomic E-state index is 12.7. The highest BCUT2D eigenvalue weighted by Crippen LogP contribution is 2.20. The molecule has 1 fully saturated rings. The molecular formula is C21H21ClN4O3. The van der Waals surface area contributed by atoms with E-state index >= 15 is 0 Å². The van der Waals surface area contributed by atoms with Crippen LogP contribution >= 0.6 is 11.6 Å². The van der Waals surface area contributed by atoms with E-state index < -0.39 is 0 Å². The van der Waals surface area contributed by atoms with Gasteiger partial charge in [-0.3, -0.25) is 14.2 Å². The van der Waals surface area contributed by atoms with Gasteiger partial charge in [0.15, 0.2) is 0 Å². The van der Waals surface area contributed by atoms with Gasteiger partial charge in [0.1, 0.15) is 12.3 Å². The highest BCUT2D eigenvalue weighted by Gasteiger charge is 2.22. The lowest BCUT2D eigenvalue weighted by Crippen LogP contribution is -2.50. The maximum Gasteiger partial charge on any atom is 0.261 e. The molecule has 2 aromatic carbocycles. The molecule has 150 valence electrons. The number of fused-ring (bicyclic) bond motifs is 1.